The van der Waals surface area contributed by atoms with E-state index in [1.54, 1.807) is 12.1 Å². The molecule has 2 aromatic rings. The van der Waals surface area contributed by atoms with E-state index in [9.17, 15) is 36.0 Å². The molecule has 30 heavy (non-hydrogen) atoms. The summed E-state index contributed by atoms with van der Waals surface area (Å²) in [4.78, 5) is 37.9. The van der Waals surface area contributed by atoms with Gasteiger partial charge < -0.3 is 4.18 Å². The lowest BCUT2D eigenvalue weighted by atomic mass is 10.1. The number of nitrogens with zero attached hydrogens (tertiary/aromatic N) is 1. The molecule has 1 aliphatic rings. The molecular formula is C19H14F3NO6S. The van der Waals surface area contributed by atoms with Gasteiger partial charge in [0.2, 0.25) is 0 Å². The zero-order valence-electron chi connectivity index (χ0n) is 15.2. The number of hydrogen-bond donors (Lipinski definition) is 0. The molecule has 1 heterocycles. The molecule has 3 rings (SSSR count). The number of Topliss-reactive ketones (excluding diaryl/α,β-unsaturated/α-hetero) is 1. The summed E-state index contributed by atoms with van der Waals surface area (Å²) in [6.45, 7) is -0.0171. The molecule has 2 aromatic carbocycles. The summed E-state index contributed by atoms with van der Waals surface area (Å²) in [5.41, 5.74) is -5.10. The minimum absolute atomic E-state index is 0.0171. The van der Waals surface area contributed by atoms with Crippen molar-refractivity contribution in [3.05, 3.63) is 65.2 Å². The SMILES string of the molecule is O=C(CCCN1C(=O)c2ccccc2C1=O)c1cccc(OS(=O)(=O)C(F)(F)F)c1. The number of carbonyl (C=O) groups is 3. The number of imide groups is 1. The maximum atomic E-state index is 12.4. The number of alkyl halides is 3. The molecule has 0 N–H and O–H groups in total. The lowest BCUT2D eigenvalue weighted by molar-refractivity contribution is -0.0500. The normalized spacial score (nSPS) is 14.0. The van der Waals surface area contributed by atoms with Crippen LogP contribution in [0.2, 0.25) is 0 Å². The van der Waals surface area contributed by atoms with E-state index in [0.29, 0.717) is 0 Å². The van der Waals surface area contributed by atoms with Crippen molar-refractivity contribution in [2.75, 3.05) is 6.54 Å². The van der Waals surface area contributed by atoms with E-state index in [1.807, 2.05) is 0 Å². The van der Waals surface area contributed by atoms with E-state index in [0.717, 1.165) is 17.0 Å². The van der Waals surface area contributed by atoms with Gasteiger partial charge in [0.1, 0.15) is 5.75 Å². The second kappa shape index (κ2) is 7.90. The maximum absolute atomic E-state index is 12.4. The molecule has 0 saturated heterocycles. The Morgan fingerprint density at radius 3 is 2.13 bits per heavy atom. The van der Waals surface area contributed by atoms with Gasteiger partial charge >= 0.3 is 15.6 Å². The average molecular weight is 441 g/mol. The van der Waals surface area contributed by atoms with Gasteiger partial charge in [-0.15, -0.1) is 0 Å². The van der Waals surface area contributed by atoms with Crippen LogP contribution in [0.1, 0.15) is 43.9 Å². The molecule has 0 saturated carbocycles. The zero-order chi connectivity index (χ0) is 22.1. The highest BCUT2D eigenvalue weighted by Gasteiger charge is 2.48. The highest BCUT2D eigenvalue weighted by Crippen LogP contribution is 2.28. The summed E-state index contributed by atoms with van der Waals surface area (Å²) in [6, 6.07) is 10.6. The first kappa shape index (κ1) is 21.5. The van der Waals surface area contributed by atoms with Crippen LogP contribution in [0.5, 0.6) is 5.75 Å². The van der Waals surface area contributed by atoms with Crippen LogP contribution < -0.4 is 4.18 Å². The number of carbonyl (C=O) groups excluding carboxylic acids is 3. The van der Waals surface area contributed by atoms with Crippen LogP contribution in [-0.2, 0) is 10.1 Å². The Balaban J connectivity index is 1.61. The molecule has 0 unspecified atom stereocenters. The largest absolute Gasteiger partial charge is 0.534 e. The van der Waals surface area contributed by atoms with E-state index in [4.69, 9.17) is 0 Å². The molecule has 0 spiro atoms. The van der Waals surface area contributed by atoms with Crippen molar-refractivity contribution in [2.45, 2.75) is 18.3 Å². The summed E-state index contributed by atoms with van der Waals surface area (Å²) in [5.74, 6) is -2.09. The van der Waals surface area contributed by atoms with Crippen LogP contribution >= 0.6 is 0 Å². The first-order valence-corrected chi connectivity index (χ1v) is 10.0. The molecule has 0 atom stereocenters. The first-order valence-electron chi connectivity index (χ1n) is 8.60. The van der Waals surface area contributed by atoms with Gasteiger partial charge in [-0.25, -0.2) is 0 Å². The molecule has 0 radical (unpaired) electrons. The summed E-state index contributed by atoms with van der Waals surface area (Å²) in [5, 5.41) is 0. The average Bonchev–Trinajstić information content (AvgIpc) is 2.92. The summed E-state index contributed by atoms with van der Waals surface area (Å²) < 4.78 is 63.4. The van der Waals surface area contributed by atoms with Crippen LogP contribution in [0.25, 0.3) is 0 Å². The number of fused-ring (bicyclic) bond motifs is 1. The van der Waals surface area contributed by atoms with E-state index < -0.39 is 39.0 Å². The molecule has 1 aliphatic heterocycles. The highest BCUT2D eigenvalue weighted by atomic mass is 32.2. The summed E-state index contributed by atoms with van der Waals surface area (Å²) in [6.07, 6.45) is -0.000877. The molecule has 7 nitrogen and oxygen atoms in total. The molecule has 0 bridgehead atoms. The van der Waals surface area contributed by atoms with Crippen molar-refractivity contribution >= 4 is 27.7 Å². The number of hydrogen-bond acceptors (Lipinski definition) is 6. The molecule has 0 aromatic heterocycles. The summed E-state index contributed by atoms with van der Waals surface area (Å²) in [7, 11) is -5.85. The van der Waals surface area contributed by atoms with Gasteiger partial charge in [0.15, 0.2) is 5.78 Å². The monoisotopic (exact) mass is 441 g/mol. The summed E-state index contributed by atoms with van der Waals surface area (Å²) >= 11 is 0. The second-order valence-electron chi connectivity index (χ2n) is 6.35. The quantitative estimate of drug-likeness (QED) is 0.283. The van der Waals surface area contributed by atoms with Crippen molar-refractivity contribution in [3.8, 4) is 5.75 Å². The lowest BCUT2D eigenvalue weighted by Gasteiger charge is -2.13. The smallest absolute Gasteiger partial charge is 0.376 e. The van der Waals surface area contributed by atoms with Crippen molar-refractivity contribution in [1.82, 2.24) is 4.90 Å². The Morgan fingerprint density at radius 1 is 0.967 bits per heavy atom. The maximum Gasteiger partial charge on any atom is 0.534 e. The van der Waals surface area contributed by atoms with Crippen molar-refractivity contribution in [2.24, 2.45) is 0 Å². The molecule has 158 valence electrons. The highest BCUT2D eigenvalue weighted by molar-refractivity contribution is 7.88. The number of halogens is 3. The predicted molar refractivity (Wildman–Crippen MR) is 97.4 cm³/mol. The zero-order valence-corrected chi connectivity index (χ0v) is 16.0. The van der Waals surface area contributed by atoms with Gasteiger partial charge in [0, 0.05) is 18.5 Å². The Morgan fingerprint density at radius 2 is 1.57 bits per heavy atom. The van der Waals surface area contributed by atoms with Gasteiger partial charge in [0.25, 0.3) is 11.8 Å². The third-order valence-corrected chi connectivity index (χ3v) is 5.29. The third kappa shape index (κ3) is 4.20. The van der Waals surface area contributed by atoms with E-state index in [2.05, 4.69) is 4.18 Å². The van der Waals surface area contributed by atoms with E-state index in [-0.39, 0.29) is 36.1 Å². The minimum atomic E-state index is -5.85. The van der Waals surface area contributed by atoms with Gasteiger partial charge in [0.05, 0.1) is 11.1 Å². The van der Waals surface area contributed by atoms with Gasteiger partial charge in [-0.3, -0.25) is 19.3 Å². The second-order valence-corrected chi connectivity index (χ2v) is 7.88. The van der Waals surface area contributed by atoms with Crippen LogP contribution in [0, 0.1) is 0 Å². The Bertz CT molecular complexity index is 1090. The Hall–Kier alpha value is -3.21. The first-order chi connectivity index (χ1) is 14.0. The number of ketones is 1. The van der Waals surface area contributed by atoms with Gasteiger partial charge in [-0.1, -0.05) is 24.3 Å². The van der Waals surface area contributed by atoms with Crippen LogP contribution in [-0.4, -0.2) is 43.0 Å². The van der Waals surface area contributed by atoms with Crippen LogP contribution in [0.3, 0.4) is 0 Å². The van der Waals surface area contributed by atoms with E-state index in [1.165, 1.54) is 24.3 Å². The van der Waals surface area contributed by atoms with Crippen LogP contribution in [0.4, 0.5) is 13.2 Å². The number of rotatable bonds is 7. The lowest BCUT2D eigenvalue weighted by Crippen LogP contribution is -2.31. The van der Waals surface area contributed by atoms with Gasteiger partial charge in [-0.2, -0.15) is 21.6 Å². The third-order valence-electron chi connectivity index (χ3n) is 4.31. The fourth-order valence-corrected chi connectivity index (χ4v) is 3.33. The number of benzene rings is 2. The Labute approximate surface area is 169 Å². The molecule has 2 amide bonds. The van der Waals surface area contributed by atoms with Crippen LogP contribution in [0.15, 0.2) is 48.5 Å². The van der Waals surface area contributed by atoms with E-state index >= 15 is 0 Å². The molecule has 0 aliphatic carbocycles. The predicted octanol–water partition coefficient (Wildman–Crippen LogP) is 3.17. The molecule has 0 fully saturated rings. The number of amides is 2. The fraction of sp³-hybridized carbons (Fsp3) is 0.211. The standard InChI is InChI=1S/C19H14F3NO6S/c20-19(21,22)30(27,28)29-13-6-3-5-12(11-13)16(24)9-4-10-23-17(25)14-7-1-2-8-15(14)18(23)26/h1-3,5-8,11H,4,9-10H2. The van der Waals surface area contributed by atoms with Crippen molar-refractivity contribution in [1.29, 1.82) is 0 Å². The van der Waals surface area contributed by atoms with Crippen molar-refractivity contribution in [3.63, 3.8) is 0 Å². The van der Waals surface area contributed by atoms with Gasteiger partial charge in [-0.05, 0) is 30.7 Å². The Kier molecular flexibility index (Phi) is 5.66. The topological polar surface area (TPSA) is 97.8 Å². The molecular weight excluding hydrogens is 427 g/mol. The van der Waals surface area contributed by atoms with Crippen molar-refractivity contribution < 1.29 is 40.2 Å². The molecule has 11 heteroatoms. The fourth-order valence-electron chi connectivity index (χ4n) is 2.88. The minimum Gasteiger partial charge on any atom is -0.376 e.